The van der Waals surface area contributed by atoms with E-state index in [9.17, 15) is 8.78 Å². The maximum Gasteiger partial charge on any atom is 0.256 e. The summed E-state index contributed by atoms with van der Waals surface area (Å²) < 4.78 is 26.2. The van der Waals surface area contributed by atoms with Crippen LogP contribution in [0, 0.1) is 4.77 Å². The maximum absolute atomic E-state index is 12.2. The molecule has 5 heteroatoms. The van der Waals surface area contributed by atoms with Crippen molar-refractivity contribution in [1.82, 2.24) is 9.55 Å². The van der Waals surface area contributed by atoms with Crippen molar-refractivity contribution < 1.29 is 8.78 Å². The van der Waals surface area contributed by atoms with Crippen molar-refractivity contribution >= 4 is 23.3 Å². The molecule has 0 radical (unpaired) electrons. The van der Waals surface area contributed by atoms with Gasteiger partial charge >= 0.3 is 0 Å². The Balaban J connectivity index is 2.62. The summed E-state index contributed by atoms with van der Waals surface area (Å²) in [5.41, 5.74) is 1.51. The topological polar surface area (TPSA) is 20.7 Å². The summed E-state index contributed by atoms with van der Waals surface area (Å²) in [5, 5.41) is 0. The molecule has 1 heterocycles. The third-order valence-corrected chi connectivity index (χ3v) is 2.32. The summed E-state index contributed by atoms with van der Waals surface area (Å²) in [4.78, 5) is 2.88. The lowest BCUT2D eigenvalue weighted by Crippen LogP contribution is -2.06. The van der Waals surface area contributed by atoms with Crippen molar-refractivity contribution in [2.45, 2.75) is 13.0 Å². The first-order valence-corrected chi connectivity index (χ1v) is 4.55. The van der Waals surface area contributed by atoms with Crippen LogP contribution in [0.2, 0.25) is 0 Å². The number of aromatic amines is 1. The molecular weight excluding hydrogens is 206 g/mol. The molecule has 0 saturated heterocycles. The molecule has 0 saturated carbocycles. The van der Waals surface area contributed by atoms with E-state index < -0.39 is 6.43 Å². The Labute approximate surface area is 84.2 Å². The number of hydrogen-bond acceptors (Lipinski definition) is 1. The molecule has 0 aliphatic rings. The summed E-state index contributed by atoms with van der Waals surface area (Å²) >= 11 is 4.95. The van der Waals surface area contributed by atoms with Crippen molar-refractivity contribution in [2.24, 2.45) is 0 Å². The number of H-pyrrole nitrogens is 1. The summed E-state index contributed by atoms with van der Waals surface area (Å²) in [6.07, 6.45) is -2.39. The number of hydrogen-bond donors (Lipinski definition) is 1. The van der Waals surface area contributed by atoms with E-state index in [2.05, 4.69) is 4.98 Å². The Bertz CT molecular complexity index is 501. The van der Waals surface area contributed by atoms with Gasteiger partial charge in [0.25, 0.3) is 6.43 Å². The number of imidazole rings is 1. The molecule has 0 amide bonds. The van der Waals surface area contributed by atoms with Crippen LogP contribution in [-0.4, -0.2) is 16.0 Å². The van der Waals surface area contributed by atoms with Crippen molar-refractivity contribution in [1.29, 1.82) is 0 Å². The molecule has 0 fully saturated rings. The first-order valence-electron chi connectivity index (χ1n) is 4.14. The molecule has 0 spiro atoms. The third-order valence-electron chi connectivity index (χ3n) is 2.00. The van der Waals surface area contributed by atoms with Crippen LogP contribution in [0.4, 0.5) is 8.78 Å². The highest BCUT2D eigenvalue weighted by atomic mass is 32.1. The number of rotatable bonds is 2. The molecular formula is C9H8F2N2S. The van der Waals surface area contributed by atoms with Gasteiger partial charge in [-0.3, -0.25) is 0 Å². The lowest BCUT2D eigenvalue weighted by atomic mass is 10.3. The third kappa shape index (κ3) is 1.55. The van der Waals surface area contributed by atoms with E-state index in [1.807, 2.05) is 12.1 Å². The summed E-state index contributed by atoms with van der Waals surface area (Å²) in [7, 11) is 0. The quantitative estimate of drug-likeness (QED) is 0.762. The van der Waals surface area contributed by atoms with E-state index in [0.717, 1.165) is 11.0 Å². The summed E-state index contributed by atoms with van der Waals surface area (Å²) in [6.45, 7) is -0.358. The van der Waals surface area contributed by atoms with E-state index >= 15 is 0 Å². The molecule has 1 N–H and O–H groups in total. The van der Waals surface area contributed by atoms with E-state index in [4.69, 9.17) is 12.2 Å². The van der Waals surface area contributed by atoms with Gasteiger partial charge in [-0.2, -0.15) is 0 Å². The number of para-hydroxylation sites is 2. The van der Waals surface area contributed by atoms with E-state index in [-0.39, 0.29) is 6.54 Å². The van der Waals surface area contributed by atoms with Crippen LogP contribution in [0.5, 0.6) is 0 Å². The van der Waals surface area contributed by atoms with Crippen LogP contribution >= 0.6 is 12.2 Å². The minimum atomic E-state index is -2.39. The molecule has 0 bridgehead atoms. The van der Waals surface area contributed by atoms with Gasteiger partial charge in [0.15, 0.2) is 4.77 Å². The second-order valence-corrected chi connectivity index (χ2v) is 3.34. The Morgan fingerprint density at radius 3 is 2.79 bits per heavy atom. The van der Waals surface area contributed by atoms with Gasteiger partial charge in [-0.1, -0.05) is 12.1 Å². The van der Waals surface area contributed by atoms with Gasteiger partial charge < -0.3 is 9.55 Å². The second-order valence-electron chi connectivity index (χ2n) is 2.95. The Kier molecular flexibility index (Phi) is 2.33. The van der Waals surface area contributed by atoms with Crippen molar-refractivity contribution in [3.63, 3.8) is 0 Å². The molecule has 0 aliphatic heterocycles. The van der Waals surface area contributed by atoms with Crippen LogP contribution in [-0.2, 0) is 6.54 Å². The predicted molar refractivity (Wildman–Crippen MR) is 53.1 cm³/mol. The maximum atomic E-state index is 12.2. The molecule has 2 aromatic rings. The highest BCUT2D eigenvalue weighted by Gasteiger charge is 2.08. The first kappa shape index (κ1) is 9.33. The van der Waals surface area contributed by atoms with Gasteiger partial charge in [0.2, 0.25) is 0 Å². The van der Waals surface area contributed by atoms with Gasteiger partial charge in [-0.15, -0.1) is 0 Å². The molecule has 0 unspecified atom stereocenters. The fraction of sp³-hybridized carbons (Fsp3) is 0.222. The Hall–Kier alpha value is -1.23. The van der Waals surface area contributed by atoms with Gasteiger partial charge in [0.05, 0.1) is 17.6 Å². The monoisotopic (exact) mass is 214 g/mol. The van der Waals surface area contributed by atoms with E-state index in [1.54, 1.807) is 12.1 Å². The standard InChI is InChI=1S/C9H8F2N2S/c10-8(11)5-13-7-4-2-1-3-6(7)12-9(13)14/h1-4,8H,5H2,(H,12,14). The average Bonchev–Trinajstić information content (AvgIpc) is 2.43. The van der Waals surface area contributed by atoms with Crippen LogP contribution in [0.3, 0.4) is 0 Å². The number of halogens is 2. The lowest BCUT2D eigenvalue weighted by Gasteiger charge is -2.02. The van der Waals surface area contributed by atoms with E-state index in [1.165, 1.54) is 4.57 Å². The highest BCUT2D eigenvalue weighted by molar-refractivity contribution is 7.71. The summed E-state index contributed by atoms with van der Waals surface area (Å²) in [6, 6.07) is 7.21. The zero-order valence-corrected chi connectivity index (χ0v) is 8.02. The minimum Gasteiger partial charge on any atom is -0.331 e. The fourth-order valence-electron chi connectivity index (χ4n) is 1.43. The largest absolute Gasteiger partial charge is 0.331 e. The number of nitrogens with one attached hydrogen (secondary N) is 1. The molecule has 14 heavy (non-hydrogen) atoms. The summed E-state index contributed by atoms with van der Waals surface area (Å²) in [5.74, 6) is 0. The molecule has 1 aromatic carbocycles. The van der Waals surface area contributed by atoms with Gasteiger partial charge in [0, 0.05) is 0 Å². The number of fused-ring (bicyclic) bond motifs is 1. The molecule has 2 rings (SSSR count). The highest BCUT2D eigenvalue weighted by Crippen LogP contribution is 2.14. The Morgan fingerprint density at radius 2 is 2.07 bits per heavy atom. The lowest BCUT2D eigenvalue weighted by molar-refractivity contribution is 0.127. The second kappa shape index (κ2) is 3.49. The number of alkyl halides is 2. The van der Waals surface area contributed by atoms with Crippen molar-refractivity contribution in [2.75, 3.05) is 0 Å². The first-order chi connectivity index (χ1) is 6.68. The van der Waals surface area contributed by atoms with Crippen molar-refractivity contribution in [3.8, 4) is 0 Å². The van der Waals surface area contributed by atoms with Crippen LogP contribution in [0.15, 0.2) is 24.3 Å². The van der Waals surface area contributed by atoms with E-state index in [0.29, 0.717) is 4.77 Å². The smallest absolute Gasteiger partial charge is 0.256 e. The zero-order chi connectivity index (χ0) is 10.1. The van der Waals surface area contributed by atoms with Gasteiger partial charge in [-0.25, -0.2) is 8.78 Å². The van der Waals surface area contributed by atoms with Crippen LogP contribution < -0.4 is 0 Å². The van der Waals surface area contributed by atoms with Gasteiger partial charge in [-0.05, 0) is 24.4 Å². The van der Waals surface area contributed by atoms with Crippen molar-refractivity contribution in [3.05, 3.63) is 29.0 Å². The predicted octanol–water partition coefficient (Wildman–Crippen LogP) is 2.96. The molecule has 0 atom stereocenters. The number of nitrogens with zero attached hydrogens (tertiary/aromatic N) is 1. The van der Waals surface area contributed by atoms with Crippen LogP contribution in [0.1, 0.15) is 0 Å². The average molecular weight is 214 g/mol. The SMILES string of the molecule is FC(F)Cn1c(=S)[nH]c2ccccc21. The Morgan fingerprint density at radius 1 is 1.36 bits per heavy atom. The normalized spacial score (nSPS) is 11.4. The fourth-order valence-corrected chi connectivity index (χ4v) is 1.71. The molecule has 0 aliphatic carbocycles. The molecule has 1 aromatic heterocycles. The zero-order valence-electron chi connectivity index (χ0n) is 7.21. The minimum absolute atomic E-state index is 0.339. The number of benzene rings is 1. The number of aromatic nitrogens is 2. The molecule has 2 nitrogen and oxygen atoms in total. The van der Waals surface area contributed by atoms with Gasteiger partial charge in [0.1, 0.15) is 0 Å². The van der Waals surface area contributed by atoms with Crippen LogP contribution in [0.25, 0.3) is 11.0 Å². The molecule has 74 valence electrons.